The van der Waals surface area contributed by atoms with E-state index in [1.165, 1.54) is 25.7 Å². The van der Waals surface area contributed by atoms with Crippen molar-refractivity contribution >= 4 is 12.2 Å². The van der Waals surface area contributed by atoms with Crippen LogP contribution in [-0.4, -0.2) is 12.2 Å². The van der Waals surface area contributed by atoms with E-state index in [0.717, 1.165) is 25.7 Å². The molecule has 0 atom stereocenters. The van der Waals surface area contributed by atoms with E-state index in [1.807, 2.05) is 6.29 Å². The Labute approximate surface area is 92.4 Å². The van der Waals surface area contributed by atoms with Gasteiger partial charge in [-0.2, -0.15) is 0 Å². The second-order valence-corrected chi connectivity index (χ2v) is 3.94. The number of carbonyl (C=O) groups is 1. The van der Waals surface area contributed by atoms with E-state index in [4.69, 9.17) is 5.73 Å². The van der Waals surface area contributed by atoms with E-state index in [9.17, 15) is 9.59 Å². The molecule has 0 rings (SSSR count). The Morgan fingerprint density at radius 3 is 1.80 bits per heavy atom. The van der Waals surface area contributed by atoms with Gasteiger partial charge in [-0.25, -0.2) is 0 Å². The molecule has 0 aromatic carbocycles. The molecule has 0 fully saturated rings. The van der Waals surface area contributed by atoms with Gasteiger partial charge in [0.25, 0.3) is 0 Å². The van der Waals surface area contributed by atoms with Gasteiger partial charge in [-0.15, -0.1) is 0 Å². The first-order chi connectivity index (χ1) is 7.27. The molecule has 0 aliphatic carbocycles. The molecule has 0 unspecified atom stereocenters. The number of hydrogen-bond acceptors (Lipinski definition) is 2. The average Bonchev–Trinajstić information content (AvgIpc) is 2.20. The predicted molar refractivity (Wildman–Crippen MR) is 61.1 cm³/mol. The van der Waals surface area contributed by atoms with Crippen LogP contribution in [0, 0.1) is 0 Å². The van der Waals surface area contributed by atoms with Crippen molar-refractivity contribution in [2.75, 3.05) is 0 Å². The summed E-state index contributed by atoms with van der Waals surface area (Å²) < 4.78 is 0. The summed E-state index contributed by atoms with van der Waals surface area (Å²) in [5.41, 5.74) is 5.03. The Balaban J connectivity index is 2.92. The molecule has 0 saturated carbocycles. The van der Waals surface area contributed by atoms with Crippen molar-refractivity contribution in [2.24, 2.45) is 5.73 Å². The molecule has 0 spiro atoms. The van der Waals surface area contributed by atoms with E-state index < -0.39 is 0 Å². The van der Waals surface area contributed by atoms with Crippen molar-refractivity contribution < 1.29 is 9.59 Å². The van der Waals surface area contributed by atoms with Crippen LogP contribution >= 0.6 is 0 Å². The highest BCUT2D eigenvalue weighted by molar-refractivity contribution is 5.73. The molecule has 2 N–H and O–H groups in total. The van der Waals surface area contributed by atoms with Crippen LogP contribution in [0.15, 0.2) is 0 Å². The Morgan fingerprint density at radius 2 is 1.33 bits per heavy atom. The summed E-state index contributed by atoms with van der Waals surface area (Å²) in [5.74, 6) is -0.194. The summed E-state index contributed by atoms with van der Waals surface area (Å²) in [6.07, 6.45) is 12.0. The lowest BCUT2D eigenvalue weighted by Gasteiger charge is -2.00. The molecule has 1 amide bonds. The van der Waals surface area contributed by atoms with Crippen molar-refractivity contribution in [1.29, 1.82) is 0 Å². The summed E-state index contributed by atoms with van der Waals surface area (Å²) in [6, 6.07) is 0. The predicted octanol–water partition coefficient (Wildman–Crippen LogP) is 2.48. The number of nitrogens with two attached hydrogens (primary N) is 1. The third kappa shape index (κ3) is 13.1. The molecule has 0 aromatic rings. The van der Waals surface area contributed by atoms with Gasteiger partial charge >= 0.3 is 0 Å². The molecule has 3 nitrogen and oxygen atoms in total. The Kier molecular flexibility index (Phi) is 10.6. The van der Waals surface area contributed by atoms with E-state index in [-0.39, 0.29) is 5.91 Å². The smallest absolute Gasteiger partial charge is 0.217 e. The summed E-state index contributed by atoms with van der Waals surface area (Å²) in [6.45, 7) is 0. The molecule has 0 aliphatic rings. The molecule has 0 aromatic heterocycles. The number of hydrogen-bond donors (Lipinski definition) is 1. The minimum Gasteiger partial charge on any atom is -0.370 e. The van der Waals surface area contributed by atoms with Crippen LogP contribution in [0.3, 0.4) is 0 Å². The Hall–Kier alpha value is -0.860. The van der Waals surface area contributed by atoms with Gasteiger partial charge in [0.05, 0.1) is 0 Å². The molecule has 0 saturated heterocycles. The van der Waals surface area contributed by atoms with E-state index in [2.05, 4.69) is 0 Å². The molecule has 0 bridgehead atoms. The highest BCUT2D eigenvalue weighted by Crippen LogP contribution is 2.09. The summed E-state index contributed by atoms with van der Waals surface area (Å²) in [7, 11) is 0. The summed E-state index contributed by atoms with van der Waals surface area (Å²) in [5, 5.41) is 0. The molecular weight excluding hydrogens is 190 g/mol. The first-order valence-corrected chi connectivity index (χ1v) is 5.90. The third-order valence-electron chi connectivity index (χ3n) is 2.45. The van der Waals surface area contributed by atoms with Crippen molar-refractivity contribution in [3.05, 3.63) is 0 Å². The van der Waals surface area contributed by atoms with Gasteiger partial charge in [0, 0.05) is 12.8 Å². The number of carbonyl (C=O) groups excluding carboxylic acids is 2. The van der Waals surface area contributed by atoms with Gasteiger partial charge in [0.2, 0.25) is 5.91 Å². The molecular formula is C12H22NO2. The topological polar surface area (TPSA) is 60.2 Å². The van der Waals surface area contributed by atoms with Crippen LogP contribution in [0.2, 0.25) is 0 Å². The molecule has 1 radical (unpaired) electrons. The fraction of sp³-hybridized carbons (Fsp3) is 0.833. The van der Waals surface area contributed by atoms with Crippen LogP contribution in [0.4, 0.5) is 0 Å². The lowest BCUT2D eigenvalue weighted by Crippen LogP contribution is -2.09. The van der Waals surface area contributed by atoms with Crippen LogP contribution in [0.5, 0.6) is 0 Å². The van der Waals surface area contributed by atoms with Crippen LogP contribution in [-0.2, 0) is 9.59 Å². The van der Waals surface area contributed by atoms with Crippen molar-refractivity contribution in [3.63, 3.8) is 0 Å². The third-order valence-corrected chi connectivity index (χ3v) is 2.45. The second kappa shape index (κ2) is 11.2. The monoisotopic (exact) mass is 212 g/mol. The van der Waals surface area contributed by atoms with Gasteiger partial charge in [-0.1, -0.05) is 38.5 Å². The van der Waals surface area contributed by atoms with Gasteiger partial charge in [0.1, 0.15) is 0 Å². The fourth-order valence-electron chi connectivity index (χ4n) is 1.56. The Morgan fingerprint density at radius 1 is 0.867 bits per heavy atom. The molecule has 87 valence electrons. The maximum Gasteiger partial charge on any atom is 0.217 e. The van der Waals surface area contributed by atoms with Crippen LogP contribution in [0.25, 0.3) is 0 Å². The molecule has 0 heterocycles. The minimum atomic E-state index is -0.194. The first-order valence-electron chi connectivity index (χ1n) is 5.90. The lowest BCUT2D eigenvalue weighted by molar-refractivity contribution is -0.118. The first kappa shape index (κ1) is 14.1. The second-order valence-electron chi connectivity index (χ2n) is 3.94. The molecule has 15 heavy (non-hydrogen) atoms. The maximum absolute atomic E-state index is 10.4. The Bertz CT molecular complexity index is 169. The molecule has 3 heteroatoms. The van der Waals surface area contributed by atoms with E-state index in [0.29, 0.717) is 12.8 Å². The number of unbranched alkanes of at least 4 members (excludes halogenated alkanes) is 8. The highest BCUT2D eigenvalue weighted by Gasteiger charge is 1.95. The van der Waals surface area contributed by atoms with Crippen molar-refractivity contribution in [1.82, 2.24) is 0 Å². The fourth-order valence-corrected chi connectivity index (χ4v) is 1.56. The van der Waals surface area contributed by atoms with Crippen LogP contribution < -0.4 is 5.73 Å². The zero-order valence-electron chi connectivity index (χ0n) is 9.46. The van der Waals surface area contributed by atoms with E-state index >= 15 is 0 Å². The standard InChI is InChI=1S/C12H22NO2/c13-12(15)10-8-6-4-2-1-3-5-7-9-11-14/h1-10H2,(H2,13,15). The SMILES string of the molecule is NC(=O)CCCCCCCCCC[C]=O. The van der Waals surface area contributed by atoms with E-state index in [1.54, 1.807) is 0 Å². The molecule has 0 aliphatic heterocycles. The quantitative estimate of drug-likeness (QED) is 0.535. The number of rotatable bonds is 11. The van der Waals surface area contributed by atoms with Gasteiger partial charge in [-0.05, 0) is 12.8 Å². The lowest BCUT2D eigenvalue weighted by atomic mass is 10.1. The number of primary amides is 1. The van der Waals surface area contributed by atoms with Gasteiger partial charge in [-0.3, -0.25) is 9.59 Å². The largest absolute Gasteiger partial charge is 0.370 e. The summed E-state index contributed by atoms with van der Waals surface area (Å²) in [4.78, 5) is 20.3. The summed E-state index contributed by atoms with van der Waals surface area (Å²) >= 11 is 0. The van der Waals surface area contributed by atoms with Gasteiger partial charge < -0.3 is 5.73 Å². The highest BCUT2D eigenvalue weighted by atomic mass is 16.1. The zero-order chi connectivity index (χ0) is 11.4. The van der Waals surface area contributed by atoms with Crippen molar-refractivity contribution in [2.45, 2.75) is 64.2 Å². The van der Waals surface area contributed by atoms with Crippen molar-refractivity contribution in [3.8, 4) is 0 Å². The maximum atomic E-state index is 10.4. The van der Waals surface area contributed by atoms with Gasteiger partial charge in [0.15, 0.2) is 6.29 Å². The normalized spacial score (nSPS) is 10.1. The van der Waals surface area contributed by atoms with Crippen LogP contribution in [0.1, 0.15) is 64.2 Å². The zero-order valence-corrected chi connectivity index (χ0v) is 9.46. The number of amides is 1. The minimum absolute atomic E-state index is 0.194. The average molecular weight is 212 g/mol.